The maximum absolute atomic E-state index is 12.1. The van der Waals surface area contributed by atoms with Crippen LogP contribution in [0.4, 0.5) is 10.5 Å². The lowest BCUT2D eigenvalue weighted by Crippen LogP contribution is -2.33. The fourth-order valence-corrected chi connectivity index (χ4v) is 3.61. The number of amides is 2. The number of carbonyl (C=O) groups excluding carboxylic acids is 2. The molecule has 0 aliphatic carbocycles. The van der Waals surface area contributed by atoms with E-state index in [1.165, 1.54) is 18.3 Å². The third-order valence-corrected chi connectivity index (χ3v) is 4.91. The van der Waals surface area contributed by atoms with Crippen molar-refractivity contribution in [2.45, 2.75) is 20.0 Å². The van der Waals surface area contributed by atoms with E-state index in [0.29, 0.717) is 19.7 Å². The molecule has 0 saturated carbocycles. The summed E-state index contributed by atoms with van der Waals surface area (Å²) < 4.78 is 8.25. The van der Waals surface area contributed by atoms with Gasteiger partial charge in [-0.2, -0.15) is 0 Å². The third kappa shape index (κ3) is 3.60. The van der Waals surface area contributed by atoms with E-state index in [1.807, 2.05) is 36.7 Å². The molecule has 1 aliphatic rings. The molecule has 0 bridgehead atoms. The summed E-state index contributed by atoms with van der Waals surface area (Å²) in [6.45, 7) is 4.54. The number of benzene rings is 1. The Bertz CT molecular complexity index is 873. The monoisotopic (exact) mass is 364 g/mol. The zero-order valence-corrected chi connectivity index (χ0v) is 15.1. The lowest BCUT2D eigenvalue weighted by atomic mass is 10.2. The topological polar surface area (TPSA) is 85.2 Å². The molecule has 8 nitrogen and oxygen atoms in total. The second-order valence-electron chi connectivity index (χ2n) is 5.66. The maximum atomic E-state index is 12.1. The number of anilines is 1. The van der Waals surface area contributed by atoms with Crippen LogP contribution < -0.4 is 15.0 Å². The minimum atomic E-state index is -0.408. The summed E-state index contributed by atoms with van der Waals surface area (Å²) in [6.07, 6.45) is -0.759. The van der Waals surface area contributed by atoms with Gasteiger partial charge in [0.1, 0.15) is 12.7 Å². The first kappa shape index (κ1) is 17.3. The molecule has 3 rings (SSSR count). The van der Waals surface area contributed by atoms with Crippen molar-refractivity contribution in [3.05, 3.63) is 23.0 Å². The molecular formula is C16H20N4O4S. The number of aromatic nitrogens is 1. The van der Waals surface area contributed by atoms with E-state index in [2.05, 4.69) is 10.5 Å². The van der Waals surface area contributed by atoms with Crippen molar-refractivity contribution in [3.8, 4) is 0 Å². The fraction of sp³-hybridized carbons (Fsp3) is 0.438. The van der Waals surface area contributed by atoms with Crippen LogP contribution in [0.25, 0.3) is 10.2 Å². The highest BCUT2D eigenvalue weighted by Crippen LogP contribution is 2.27. The Morgan fingerprint density at radius 2 is 2.32 bits per heavy atom. The largest absolute Gasteiger partial charge is 0.442 e. The Morgan fingerprint density at radius 3 is 3.04 bits per heavy atom. The minimum absolute atomic E-state index is 0.146. The molecule has 134 valence electrons. The molecule has 1 aromatic heterocycles. The zero-order chi connectivity index (χ0) is 18.0. The van der Waals surface area contributed by atoms with Crippen LogP contribution in [0.2, 0.25) is 0 Å². The molecular weight excluding hydrogens is 344 g/mol. The molecule has 1 saturated heterocycles. The number of aryl methyl sites for hydroxylation is 1. The van der Waals surface area contributed by atoms with Crippen LogP contribution in [0.3, 0.4) is 0 Å². The van der Waals surface area contributed by atoms with Crippen LogP contribution in [0.5, 0.6) is 0 Å². The molecule has 2 heterocycles. The van der Waals surface area contributed by atoms with E-state index in [0.717, 1.165) is 20.7 Å². The quantitative estimate of drug-likeness (QED) is 0.816. The summed E-state index contributed by atoms with van der Waals surface area (Å²) in [5.74, 6) is -0.146. The molecule has 1 aliphatic heterocycles. The molecule has 1 atom stereocenters. The number of fused-ring (bicyclic) bond motifs is 1. The van der Waals surface area contributed by atoms with Crippen molar-refractivity contribution >= 4 is 39.2 Å². The Balaban J connectivity index is 1.84. The Hall–Kier alpha value is -2.55. The number of nitrogens with one attached hydrogen (secondary N) is 1. The van der Waals surface area contributed by atoms with Gasteiger partial charge in [0, 0.05) is 19.7 Å². The van der Waals surface area contributed by atoms with E-state index >= 15 is 0 Å². The average molecular weight is 364 g/mol. The normalized spacial score (nSPS) is 17.9. The summed E-state index contributed by atoms with van der Waals surface area (Å²) >= 11 is 1.49. The highest BCUT2D eigenvalue weighted by molar-refractivity contribution is 7.16. The van der Waals surface area contributed by atoms with E-state index in [4.69, 9.17) is 9.57 Å². The number of hydrogen-bond donors (Lipinski definition) is 1. The second kappa shape index (κ2) is 7.14. The molecule has 2 aromatic rings. The number of cyclic esters (lactones) is 1. The van der Waals surface area contributed by atoms with Gasteiger partial charge in [-0.25, -0.2) is 4.79 Å². The van der Waals surface area contributed by atoms with Crippen molar-refractivity contribution < 1.29 is 19.2 Å². The molecule has 25 heavy (non-hydrogen) atoms. The van der Waals surface area contributed by atoms with Crippen LogP contribution in [0.1, 0.15) is 13.8 Å². The predicted octanol–water partition coefficient (Wildman–Crippen LogP) is 1.55. The van der Waals surface area contributed by atoms with Gasteiger partial charge in [0.2, 0.25) is 10.7 Å². The van der Waals surface area contributed by atoms with Crippen LogP contribution in [0.15, 0.2) is 23.4 Å². The predicted molar refractivity (Wildman–Crippen MR) is 94.3 cm³/mol. The summed E-state index contributed by atoms with van der Waals surface area (Å²) in [4.78, 5) is 30.6. The number of thiazole rings is 1. The van der Waals surface area contributed by atoms with Gasteiger partial charge in [0.15, 0.2) is 0 Å². The van der Waals surface area contributed by atoms with Gasteiger partial charge >= 0.3 is 6.09 Å². The van der Waals surface area contributed by atoms with E-state index in [1.54, 1.807) is 4.90 Å². The number of carbonyl (C=O) groups is 2. The summed E-state index contributed by atoms with van der Waals surface area (Å²) in [7, 11) is 1.92. The number of rotatable bonds is 5. The van der Waals surface area contributed by atoms with Gasteiger partial charge in [-0.1, -0.05) is 16.5 Å². The van der Waals surface area contributed by atoms with Crippen LogP contribution >= 0.6 is 11.3 Å². The second-order valence-corrected chi connectivity index (χ2v) is 6.67. The average Bonchev–Trinajstić information content (AvgIpc) is 3.11. The SMILES string of the molecule is CCO/N=c1\sc2cc(N3C[C@H](CNC(C)=O)OC3=O)ccc2n1C. The number of nitrogens with zero attached hydrogens (tertiary/aromatic N) is 3. The molecule has 1 aromatic carbocycles. The van der Waals surface area contributed by atoms with Gasteiger partial charge < -0.3 is 19.5 Å². The van der Waals surface area contributed by atoms with Gasteiger partial charge in [-0.05, 0) is 25.1 Å². The number of ether oxygens (including phenoxy) is 1. The molecule has 1 fully saturated rings. The third-order valence-electron chi connectivity index (χ3n) is 3.83. The molecule has 9 heteroatoms. The van der Waals surface area contributed by atoms with E-state index in [-0.39, 0.29) is 12.0 Å². The Kier molecular flexibility index (Phi) is 4.93. The first-order valence-electron chi connectivity index (χ1n) is 7.97. The smallest absolute Gasteiger partial charge is 0.414 e. The van der Waals surface area contributed by atoms with Crippen molar-refractivity contribution in [3.63, 3.8) is 0 Å². The summed E-state index contributed by atoms with van der Waals surface area (Å²) in [5.41, 5.74) is 1.77. The first-order chi connectivity index (χ1) is 12.0. The Labute approximate surface area is 148 Å². The molecule has 0 spiro atoms. The van der Waals surface area contributed by atoms with E-state index in [9.17, 15) is 9.59 Å². The van der Waals surface area contributed by atoms with Gasteiger partial charge in [-0.3, -0.25) is 9.69 Å². The summed E-state index contributed by atoms with van der Waals surface area (Å²) in [5, 5.41) is 6.76. The van der Waals surface area contributed by atoms with Gasteiger partial charge in [0.25, 0.3) is 0 Å². The lowest BCUT2D eigenvalue weighted by Gasteiger charge is -2.13. The van der Waals surface area contributed by atoms with Crippen LogP contribution in [-0.4, -0.2) is 42.4 Å². The first-order valence-corrected chi connectivity index (χ1v) is 8.79. The zero-order valence-electron chi connectivity index (χ0n) is 14.3. The number of hydrogen-bond acceptors (Lipinski definition) is 6. The molecule has 0 unspecified atom stereocenters. The molecule has 2 amide bonds. The minimum Gasteiger partial charge on any atom is -0.442 e. The highest BCUT2D eigenvalue weighted by Gasteiger charge is 2.32. The van der Waals surface area contributed by atoms with Crippen LogP contribution in [0, 0.1) is 0 Å². The van der Waals surface area contributed by atoms with Crippen molar-refractivity contribution in [1.82, 2.24) is 9.88 Å². The van der Waals surface area contributed by atoms with E-state index < -0.39 is 6.09 Å². The maximum Gasteiger partial charge on any atom is 0.414 e. The summed E-state index contributed by atoms with van der Waals surface area (Å²) in [6, 6.07) is 5.76. The van der Waals surface area contributed by atoms with Crippen molar-refractivity contribution in [2.24, 2.45) is 12.2 Å². The standard InChI is InChI=1S/C16H20N4O4S/c1-4-23-18-15-19(3)13-6-5-11(7-14(13)25-15)20-9-12(24-16(20)22)8-17-10(2)21/h5-7,12H,4,8-9H2,1-3H3,(H,17,21)/b18-15-/t12-/m0/s1. The highest BCUT2D eigenvalue weighted by atomic mass is 32.1. The van der Waals surface area contributed by atoms with Crippen molar-refractivity contribution in [2.75, 3.05) is 24.6 Å². The Morgan fingerprint density at radius 1 is 1.52 bits per heavy atom. The molecule has 1 N–H and O–H groups in total. The lowest BCUT2D eigenvalue weighted by molar-refractivity contribution is -0.119. The van der Waals surface area contributed by atoms with Gasteiger partial charge in [-0.15, -0.1) is 0 Å². The van der Waals surface area contributed by atoms with Crippen molar-refractivity contribution in [1.29, 1.82) is 0 Å². The van der Waals surface area contributed by atoms with Gasteiger partial charge in [0.05, 0.1) is 23.3 Å². The molecule has 0 radical (unpaired) electrons. The fourth-order valence-electron chi connectivity index (χ4n) is 2.60. The van der Waals surface area contributed by atoms with Crippen LogP contribution in [-0.2, 0) is 21.4 Å².